The van der Waals surface area contributed by atoms with E-state index in [9.17, 15) is 4.39 Å². The van der Waals surface area contributed by atoms with Crippen LogP contribution in [0.1, 0.15) is 49.8 Å². The molecule has 1 N–H and O–H groups in total. The van der Waals surface area contributed by atoms with Gasteiger partial charge in [-0.3, -0.25) is 0 Å². The number of nitrogens with one attached hydrogen (secondary N) is 1. The first-order valence-corrected chi connectivity index (χ1v) is 10.1. The van der Waals surface area contributed by atoms with Crippen molar-refractivity contribution in [1.29, 1.82) is 0 Å². The molecule has 0 aliphatic carbocycles. The Morgan fingerprint density at radius 2 is 1.89 bits per heavy atom. The van der Waals surface area contributed by atoms with Gasteiger partial charge in [-0.05, 0) is 50.3 Å². The Morgan fingerprint density at radius 1 is 1.15 bits per heavy atom. The van der Waals surface area contributed by atoms with E-state index in [0.29, 0.717) is 18.6 Å². The third kappa shape index (κ3) is 4.97. The van der Waals surface area contributed by atoms with E-state index in [-0.39, 0.29) is 11.2 Å². The SMILES string of the molecule is Cc1ccc([C@@]2(CCNCc3ccccc3F)CCO[C@@H](C(C)C)C2)cc1. The molecule has 0 aromatic heterocycles. The first kappa shape index (κ1) is 20.0. The molecule has 1 heterocycles. The van der Waals surface area contributed by atoms with Crippen molar-refractivity contribution in [3.8, 4) is 0 Å². The number of benzene rings is 2. The van der Waals surface area contributed by atoms with Crippen molar-refractivity contribution in [1.82, 2.24) is 5.32 Å². The molecule has 1 aliphatic rings. The molecule has 0 unspecified atom stereocenters. The topological polar surface area (TPSA) is 21.3 Å². The van der Waals surface area contributed by atoms with Crippen molar-refractivity contribution in [3.63, 3.8) is 0 Å². The van der Waals surface area contributed by atoms with Gasteiger partial charge in [-0.25, -0.2) is 4.39 Å². The van der Waals surface area contributed by atoms with Gasteiger partial charge in [0.2, 0.25) is 0 Å². The lowest BCUT2D eigenvalue weighted by Gasteiger charge is -2.43. The van der Waals surface area contributed by atoms with Crippen LogP contribution in [0.3, 0.4) is 0 Å². The van der Waals surface area contributed by atoms with Crippen LogP contribution in [0.25, 0.3) is 0 Å². The molecular weight excluding hydrogens is 337 g/mol. The molecule has 27 heavy (non-hydrogen) atoms. The second-order valence-electron chi connectivity index (χ2n) is 8.27. The van der Waals surface area contributed by atoms with Crippen molar-refractivity contribution in [2.75, 3.05) is 13.2 Å². The molecule has 2 aromatic rings. The lowest BCUT2D eigenvalue weighted by Crippen LogP contribution is -2.42. The number of halogens is 1. The van der Waals surface area contributed by atoms with E-state index in [1.165, 1.54) is 17.2 Å². The Kier molecular flexibility index (Phi) is 6.67. The van der Waals surface area contributed by atoms with E-state index >= 15 is 0 Å². The number of hydrogen-bond donors (Lipinski definition) is 1. The van der Waals surface area contributed by atoms with Crippen molar-refractivity contribution in [3.05, 3.63) is 71.0 Å². The Labute approximate surface area is 163 Å². The zero-order valence-electron chi connectivity index (χ0n) is 16.8. The standard InChI is InChI=1S/C24H32FNO/c1-18(2)23-16-24(13-15-27-23,21-10-8-19(3)9-11-21)12-14-26-17-20-6-4-5-7-22(20)25/h4-11,18,23,26H,12-17H2,1-3H3/t23-,24+/m1/s1. The largest absolute Gasteiger partial charge is 0.378 e. The smallest absolute Gasteiger partial charge is 0.127 e. The van der Waals surface area contributed by atoms with E-state index in [2.05, 4.69) is 50.4 Å². The lowest BCUT2D eigenvalue weighted by atomic mass is 9.68. The summed E-state index contributed by atoms with van der Waals surface area (Å²) < 4.78 is 19.9. The molecule has 1 aliphatic heterocycles. The van der Waals surface area contributed by atoms with Crippen LogP contribution in [0.2, 0.25) is 0 Å². The maximum atomic E-state index is 13.8. The normalized spacial score (nSPS) is 22.9. The van der Waals surface area contributed by atoms with Crippen molar-refractivity contribution < 1.29 is 9.13 Å². The number of aryl methyl sites for hydroxylation is 1. The minimum absolute atomic E-state index is 0.128. The van der Waals surface area contributed by atoms with Crippen LogP contribution >= 0.6 is 0 Å². The zero-order chi connectivity index (χ0) is 19.3. The first-order chi connectivity index (χ1) is 13.0. The summed E-state index contributed by atoms with van der Waals surface area (Å²) in [6, 6.07) is 16.0. The molecule has 3 rings (SSSR count). The summed E-state index contributed by atoms with van der Waals surface area (Å²) >= 11 is 0. The van der Waals surface area contributed by atoms with Gasteiger partial charge in [0.1, 0.15) is 5.82 Å². The van der Waals surface area contributed by atoms with Crippen LogP contribution < -0.4 is 5.32 Å². The Hall–Kier alpha value is -1.71. The third-order valence-corrected chi connectivity index (χ3v) is 5.97. The van der Waals surface area contributed by atoms with Crippen LogP contribution in [0.15, 0.2) is 48.5 Å². The molecule has 0 bridgehead atoms. The molecule has 2 atom stereocenters. The van der Waals surface area contributed by atoms with Gasteiger partial charge in [0.15, 0.2) is 0 Å². The predicted octanol–water partition coefficient (Wildman–Crippen LogP) is 5.39. The van der Waals surface area contributed by atoms with Crippen molar-refractivity contribution in [2.24, 2.45) is 5.92 Å². The summed E-state index contributed by atoms with van der Waals surface area (Å²) in [6.45, 7) is 8.86. The van der Waals surface area contributed by atoms with Crippen LogP contribution in [-0.4, -0.2) is 19.3 Å². The zero-order valence-corrected chi connectivity index (χ0v) is 16.8. The fourth-order valence-electron chi connectivity index (χ4n) is 4.11. The van der Waals surface area contributed by atoms with Crippen molar-refractivity contribution >= 4 is 0 Å². The van der Waals surface area contributed by atoms with Gasteiger partial charge in [0.05, 0.1) is 6.10 Å². The van der Waals surface area contributed by atoms with E-state index in [1.807, 2.05) is 12.1 Å². The minimum atomic E-state index is -0.135. The molecule has 2 nitrogen and oxygen atoms in total. The monoisotopic (exact) mass is 369 g/mol. The van der Waals surface area contributed by atoms with Gasteiger partial charge in [0.25, 0.3) is 0 Å². The van der Waals surface area contributed by atoms with Crippen LogP contribution in [0.5, 0.6) is 0 Å². The highest BCUT2D eigenvalue weighted by Gasteiger charge is 2.39. The molecule has 0 spiro atoms. The van der Waals surface area contributed by atoms with Crippen LogP contribution in [0.4, 0.5) is 4.39 Å². The fourth-order valence-corrected chi connectivity index (χ4v) is 4.11. The van der Waals surface area contributed by atoms with Crippen LogP contribution in [-0.2, 0) is 16.7 Å². The summed E-state index contributed by atoms with van der Waals surface area (Å²) in [6.07, 6.45) is 3.43. The van der Waals surface area contributed by atoms with Gasteiger partial charge in [-0.2, -0.15) is 0 Å². The lowest BCUT2D eigenvalue weighted by molar-refractivity contribution is -0.0469. The number of rotatable bonds is 7. The fraction of sp³-hybridized carbons (Fsp3) is 0.500. The molecule has 1 fully saturated rings. The molecule has 3 heteroatoms. The molecule has 2 aromatic carbocycles. The number of hydrogen-bond acceptors (Lipinski definition) is 2. The van der Waals surface area contributed by atoms with Gasteiger partial charge < -0.3 is 10.1 Å². The van der Waals surface area contributed by atoms with Gasteiger partial charge >= 0.3 is 0 Å². The molecule has 146 valence electrons. The van der Waals surface area contributed by atoms with Crippen LogP contribution in [0, 0.1) is 18.7 Å². The van der Waals surface area contributed by atoms with E-state index in [4.69, 9.17) is 4.74 Å². The highest BCUT2D eigenvalue weighted by atomic mass is 19.1. The quantitative estimate of drug-likeness (QED) is 0.661. The maximum absolute atomic E-state index is 13.8. The summed E-state index contributed by atoms with van der Waals surface area (Å²) in [5.41, 5.74) is 3.56. The van der Waals surface area contributed by atoms with E-state index < -0.39 is 0 Å². The molecule has 0 saturated carbocycles. The third-order valence-electron chi connectivity index (χ3n) is 5.97. The average Bonchev–Trinajstić information content (AvgIpc) is 2.67. The minimum Gasteiger partial charge on any atom is -0.378 e. The maximum Gasteiger partial charge on any atom is 0.127 e. The average molecular weight is 370 g/mol. The Morgan fingerprint density at radius 3 is 2.59 bits per heavy atom. The van der Waals surface area contributed by atoms with E-state index in [1.54, 1.807) is 6.07 Å². The van der Waals surface area contributed by atoms with E-state index in [0.717, 1.165) is 38.0 Å². The van der Waals surface area contributed by atoms with Crippen molar-refractivity contribution in [2.45, 2.75) is 58.1 Å². The Balaban J connectivity index is 1.70. The first-order valence-electron chi connectivity index (χ1n) is 10.1. The van der Waals surface area contributed by atoms with Gasteiger partial charge in [-0.1, -0.05) is 61.9 Å². The summed E-state index contributed by atoms with van der Waals surface area (Å²) in [4.78, 5) is 0. The molecular formula is C24H32FNO. The highest BCUT2D eigenvalue weighted by molar-refractivity contribution is 5.30. The molecule has 1 saturated heterocycles. The second kappa shape index (κ2) is 8.99. The second-order valence-corrected chi connectivity index (χ2v) is 8.27. The van der Waals surface area contributed by atoms with Gasteiger partial charge in [0, 0.05) is 24.1 Å². The molecule has 0 amide bonds. The highest BCUT2D eigenvalue weighted by Crippen LogP contribution is 2.41. The molecule has 0 radical (unpaired) electrons. The Bertz CT molecular complexity index is 727. The summed E-state index contributed by atoms with van der Waals surface area (Å²) in [7, 11) is 0. The van der Waals surface area contributed by atoms with Gasteiger partial charge in [-0.15, -0.1) is 0 Å². The summed E-state index contributed by atoms with van der Waals surface area (Å²) in [5, 5.41) is 3.46. The number of ether oxygens (including phenoxy) is 1. The predicted molar refractivity (Wildman–Crippen MR) is 109 cm³/mol. The summed E-state index contributed by atoms with van der Waals surface area (Å²) in [5.74, 6) is 0.380.